The first-order valence-corrected chi connectivity index (χ1v) is 3.90. The van der Waals surface area contributed by atoms with Crippen LogP contribution in [-0.4, -0.2) is 0 Å². The van der Waals surface area contributed by atoms with Crippen molar-refractivity contribution in [2.24, 2.45) is 0 Å². The topological polar surface area (TPSA) is 0 Å². The molecule has 0 fully saturated rings. The van der Waals surface area contributed by atoms with Crippen molar-refractivity contribution in [2.45, 2.75) is 41.0 Å². The third-order valence-electron chi connectivity index (χ3n) is 1.85. The fourth-order valence-electron chi connectivity index (χ4n) is 0.854. The Hall–Kier alpha value is -0.520. The van der Waals surface area contributed by atoms with E-state index in [-0.39, 0.29) is 0 Å². The molecule has 0 unspecified atom stereocenters. The van der Waals surface area contributed by atoms with Gasteiger partial charge in [0.2, 0.25) is 0 Å². The van der Waals surface area contributed by atoms with E-state index in [1.54, 1.807) is 0 Å². The van der Waals surface area contributed by atoms with E-state index in [1.165, 1.54) is 16.7 Å². The van der Waals surface area contributed by atoms with E-state index in [2.05, 4.69) is 40.7 Å². The third kappa shape index (κ3) is 2.86. The van der Waals surface area contributed by atoms with Gasteiger partial charge in [-0.15, -0.1) is 0 Å². The van der Waals surface area contributed by atoms with Crippen LogP contribution in [0.2, 0.25) is 0 Å². The molecule has 0 nitrogen and oxygen atoms in total. The molecule has 0 amide bonds. The van der Waals surface area contributed by atoms with Crippen LogP contribution in [0.15, 0.2) is 22.8 Å². The molecule has 10 heavy (non-hydrogen) atoms. The molecular weight excluding hydrogens is 120 g/mol. The van der Waals surface area contributed by atoms with Gasteiger partial charge in [0, 0.05) is 0 Å². The molecule has 0 saturated carbocycles. The lowest BCUT2D eigenvalue weighted by molar-refractivity contribution is 1.15. The molecule has 0 aromatic rings. The van der Waals surface area contributed by atoms with E-state index < -0.39 is 0 Å². The Labute approximate surface area is 64.6 Å². The average molecular weight is 138 g/mol. The van der Waals surface area contributed by atoms with Crippen LogP contribution in [0.5, 0.6) is 0 Å². The number of rotatable bonds is 2. The zero-order valence-electron chi connectivity index (χ0n) is 7.78. The van der Waals surface area contributed by atoms with Crippen LogP contribution in [0.1, 0.15) is 41.0 Å². The van der Waals surface area contributed by atoms with Gasteiger partial charge < -0.3 is 0 Å². The van der Waals surface area contributed by atoms with E-state index in [0.717, 1.165) is 6.42 Å². The molecule has 0 aromatic carbocycles. The highest BCUT2D eigenvalue weighted by Gasteiger charge is 1.92. The lowest BCUT2D eigenvalue weighted by Gasteiger charge is -2.02. The minimum atomic E-state index is 1.14. The minimum Gasteiger partial charge on any atom is -0.0816 e. The van der Waals surface area contributed by atoms with Crippen molar-refractivity contribution in [1.82, 2.24) is 0 Å². The van der Waals surface area contributed by atoms with Gasteiger partial charge in [-0.25, -0.2) is 0 Å². The fraction of sp³-hybridized carbons (Fsp3) is 0.600. The molecular formula is C10H18. The van der Waals surface area contributed by atoms with Crippen molar-refractivity contribution in [3.63, 3.8) is 0 Å². The summed E-state index contributed by atoms with van der Waals surface area (Å²) >= 11 is 0. The SMILES string of the molecule is CC/C=C(\C)C(C)=C(C)C. The monoisotopic (exact) mass is 138 g/mol. The standard InChI is InChI=1S/C10H18/c1-6-7-9(4)10(5)8(2)3/h7H,6H2,1-5H3/b9-7+. The summed E-state index contributed by atoms with van der Waals surface area (Å²) in [5, 5.41) is 0. The molecule has 0 saturated heterocycles. The van der Waals surface area contributed by atoms with Gasteiger partial charge in [0.15, 0.2) is 0 Å². The Kier molecular flexibility index (Phi) is 4.10. The van der Waals surface area contributed by atoms with Crippen LogP contribution in [0.25, 0.3) is 0 Å². The molecule has 0 aromatic heterocycles. The molecule has 0 heteroatoms. The van der Waals surface area contributed by atoms with Gasteiger partial charge in [-0.1, -0.05) is 24.1 Å². The second kappa shape index (κ2) is 4.32. The first kappa shape index (κ1) is 9.48. The predicted molar refractivity (Wildman–Crippen MR) is 48.1 cm³/mol. The van der Waals surface area contributed by atoms with E-state index in [4.69, 9.17) is 0 Å². The van der Waals surface area contributed by atoms with Gasteiger partial charge in [0.05, 0.1) is 0 Å². The summed E-state index contributed by atoms with van der Waals surface area (Å²) in [5.41, 5.74) is 4.27. The fourth-order valence-corrected chi connectivity index (χ4v) is 0.854. The minimum absolute atomic E-state index is 1.14. The highest BCUT2D eigenvalue weighted by molar-refractivity contribution is 5.30. The van der Waals surface area contributed by atoms with Crippen molar-refractivity contribution in [1.29, 1.82) is 0 Å². The molecule has 0 aliphatic rings. The molecule has 0 aliphatic heterocycles. The van der Waals surface area contributed by atoms with Gasteiger partial charge in [0.1, 0.15) is 0 Å². The molecule has 0 rings (SSSR count). The quantitative estimate of drug-likeness (QED) is 0.510. The van der Waals surface area contributed by atoms with Crippen LogP contribution in [0.3, 0.4) is 0 Å². The summed E-state index contributed by atoms with van der Waals surface area (Å²) in [6.45, 7) is 10.8. The Balaban J connectivity index is 4.36. The van der Waals surface area contributed by atoms with Gasteiger partial charge >= 0.3 is 0 Å². The molecule has 0 aliphatic carbocycles. The van der Waals surface area contributed by atoms with E-state index in [0.29, 0.717) is 0 Å². The largest absolute Gasteiger partial charge is 0.0816 e. The second-order valence-electron chi connectivity index (χ2n) is 2.92. The van der Waals surface area contributed by atoms with E-state index in [9.17, 15) is 0 Å². The molecule has 0 atom stereocenters. The van der Waals surface area contributed by atoms with Crippen molar-refractivity contribution in [3.8, 4) is 0 Å². The first-order chi connectivity index (χ1) is 4.59. The number of hydrogen-bond acceptors (Lipinski definition) is 0. The molecule has 0 spiro atoms. The summed E-state index contributed by atoms with van der Waals surface area (Å²) in [5.74, 6) is 0. The third-order valence-corrected chi connectivity index (χ3v) is 1.85. The smallest absolute Gasteiger partial charge is 0.0373 e. The van der Waals surface area contributed by atoms with Crippen LogP contribution in [0, 0.1) is 0 Å². The van der Waals surface area contributed by atoms with Crippen molar-refractivity contribution in [3.05, 3.63) is 22.8 Å². The highest BCUT2D eigenvalue weighted by Crippen LogP contribution is 2.13. The van der Waals surface area contributed by atoms with Gasteiger partial charge in [-0.3, -0.25) is 0 Å². The zero-order chi connectivity index (χ0) is 8.15. The maximum absolute atomic E-state index is 2.27. The molecule has 0 N–H and O–H groups in total. The summed E-state index contributed by atoms with van der Waals surface area (Å²) in [6.07, 6.45) is 3.40. The van der Waals surface area contributed by atoms with Gasteiger partial charge in [-0.2, -0.15) is 0 Å². The van der Waals surface area contributed by atoms with Crippen LogP contribution < -0.4 is 0 Å². The zero-order valence-corrected chi connectivity index (χ0v) is 7.78. The second-order valence-corrected chi connectivity index (χ2v) is 2.92. The van der Waals surface area contributed by atoms with Crippen molar-refractivity contribution >= 4 is 0 Å². The number of hydrogen-bond donors (Lipinski definition) is 0. The lowest BCUT2D eigenvalue weighted by Crippen LogP contribution is -1.81. The Morgan fingerprint density at radius 3 is 1.90 bits per heavy atom. The lowest BCUT2D eigenvalue weighted by atomic mass is 10.0. The molecule has 0 heterocycles. The summed E-state index contributed by atoms with van der Waals surface area (Å²) in [7, 11) is 0. The maximum atomic E-state index is 2.27. The van der Waals surface area contributed by atoms with Crippen LogP contribution in [-0.2, 0) is 0 Å². The Bertz CT molecular complexity index is 155. The highest BCUT2D eigenvalue weighted by atomic mass is 14.0. The normalized spacial score (nSPS) is 11.5. The number of allylic oxidation sites excluding steroid dienone is 4. The average Bonchev–Trinajstić information content (AvgIpc) is 1.87. The predicted octanol–water partition coefficient (Wildman–Crippen LogP) is 3.70. The van der Waals surface area contributed by atoms with Crippen LogP contribution in [0.4, 0.5) is 0 Å². The molecule has 0 radical (unpaired) electrons. The van der Waals surface area contributed by atoms with Gasteiger partial charge in [-0.05, 0) is 39.7 Å². The van der Waals surface area contributed by atoms with E-state index in [1.807, 2.05) is 0 Å². The summed E-state index contributed by atoms with van der Waals surface area (Å²) in [4.78, 5) is 0. The first-order valence-electron chi connectivity index (χ1n) is 3.90. The molecule has 58 valence electrons. The summed E-state index contributed by atoms with van der Waals surface area (Å²) < 4.78 is 0. The maximum Gasteiger partial charge on any atom is -0.0373 e. The van der Waals surface area contributed by atoms with Crippen LogP contribution >= 0.6 is 0 Å². The van der Waals surface area contributed by atoms with Crippen molar-refractivity contribution < 1.29 is 0 Å². The Morgan fingerprint density at radius 1 is 1.10 bits per heavy atom. The summed E-state index contributed by atoms with van der Waals surface area (Å²) in [6, 6.07) is 0. The van der Waals surface area contributed by atoms with Crippen molar-refractivity contribution in [2.75, 3.05) is 0 Å². The van der Waals surface area contributed by atoms with E-state index >= 15 is 0 Å². The molecule has 0 bridgehead atoms. The van der Waals surface area contributed by atoms with Gasteiger partial charge in [0.25, 0.3) is 0 Å². The Morgan fingerprint density at radius 2 is 1.60 bits per heavy atom.